The Kier molecular flexibility index (Phi) is 7.05. The van der Waals surface area contributed by atoms with E-state index in [4.69, 9.17) is 11.6 Å². The molecule has 0 fully saturated rings. The number of hydrogen-bond acceptors (Lipinski definition) is 6. The van der Waals surface area contributed by atoms with E-state index in [9.17, 15) is 21.6 Å². The number of hydrogen-bond donors (Lipinski definition) is 2. The van der Waals surface area contributed by atoms with Gasteiger partial charge < -0.3 is 4.74 Å². The molecule has 0 saturated heterocycles. The number of ether oxygens (including phenoxy) is 1. The van der Waals surface area contributed by atoms with E-state index in [2.05, 4.69) is 14.2 Å². The van der Waals surface area contributed by atoms with E-state index in [1.165, 1.54) is 37.4 Å². The van der Waals surface area contributed by atoms with Gasteiger partial charge >= 0.3 is 5.97 Å². The number of sulfonamides is 2. The number of halogens is 1. The molecule has 0 unspecified atom stereocenters. The van der Waals surface area contributed by atoms with Crippen LogP contribution in [-0.2, 0) is 29.6 Å². The fourth-order valence-electron chi connectivity index (χ4n) is 2.21. The number of carbonyl (C=O) groups is 1. The molecule has 0 atom stereocenters. The van der Waals surface area contributed by atoms with Crippen LogP contribution in [0.4, 0.5) is 5.69 Å². The fourth-order valence-corrected chi connectivity index (χ4v) is 4.89. The van der Waals surface area contributed by atoms with Crippen LogP contribution < -0.4 is 9.44 Å². The zero-order valence-electron chi connectivity index (χ0n) is 15.1. The average Bonchev–Trinajstić information content (AvgIpc) is 2.63. The summed E-state index contributed by atoms with van der Waals surface area (Å²) in [4.78, 5) is 10.9. The molecule has 2 rings (SSSR count). The van der Waals surface area contributed by atoms with Crippen molar-refractivity contribution in [3.63, 3.8) is 0 Å². The lowest BCUT2D eigenvalue weighted by molar-refractivity contribution is -0.140. The zero-order valence-corrected chi connectivity index (χ0v) is 17.5. The SMILES string of the molecule is COC(=O)CCNS(=O)(=O)c1ccc(NS(=O)(=O)c2cccc(C)c2Cl)cc1. The van der Waals surface area contributed by atoms with Gasteiger partial charge in [0.15, 0.2) is 0 Å². The average molecular weight is 447 g/mol. The lowest BCUT2D eigenvalue weighted by Crippen LogP contribution is -2.26. The Hall–Kier alpha value is -2.14. The molecule has 2 N–H and O–H groups in total. The number of esters is 1. The highest BCUT2D eigenvalue weighted by atomic mass is 35.5. The van der Waals surface area contributed by atoms with Gasteiger partial charge in [0.2, 0.25) is 10.0 Å². The Bertz CT molecular complexity index is 1070. The molecule has 0 heterocycles. The number of rotatable bonds is 8. The Labute approximate surface area is 169 Å². The molecule has 0 aliphatic rings. The summed E-state index contributed by atoms with van der Waals surface area (Å²) >= 11 is 6.07. The molecule has 0 radical (unpaired) electrons. The molecule has 0 bridgehead atoms. The second kappa shape index (κ2) is 8.91. The molecule has 0 amide bonds. The van der Waals surface area contributed by atoms with E-state index in [-0.39, 0.29) is 33.5 Å². The van der Waals surface area contributed by atoms with E-state index < -0.39 is 26.0 Å². The molecular formula is C17H19ClN2O6S2. The maximum Gasteiger partial charge on any atom is 0.306 e. The van der Waals surface area contributed by atoms with E-state index in [0.717, 1.165) is 0 Å². The van der Waals surface area contributed by atoms with Gasteiger partial charge in [0.05, 0.1) is 23.4 Å². The minimum atomic E-state index is -3.94. The molecule has 28 heavy (non-hydrogen) atoms. The van der Waals surface area contributed by atoms with Crippen molar-refractivity contribution in [1.82, 2.24) is 4.72 Å². The third kappa shape index (κ3) is 5.44. The van der Waals surface area contributed by atoms with Crippen molar-refractivity contribution in [3.8, 4) is 0 Å². The lowest BCUT2D eigenvalue weighted by atomic mass is 10.2. The molecular weight excluding hydrogens is 428 g/mol. The zero-order chi connectivity index (χ0) is 20.9. The molecule has 11 heteroatoms. The minimum Gasteiger partial charge on any atom is -0.469 e. The van der Waals surface area contributed by atoms with E-state index in [0.29, 0.717) is 5.56 Å². The largest absolute Gasteiger partial charge is 0.469 e. The highest BCUT2D eigenvalue weighted by molar-refractivity contribution is 7.92. The van der Waals surface area contributed by atoms with E-state index in [1.807, 2.05) is 0 Å². The first-order valence-electron chi connectivity index (χ1n) is 8.01. The van der Waals surface area contributed by atoms with Crippen LogP contribution in [0.25, 0.3) is 0 Å². The van der Waals surface area contributed by atoms with Crippen molar-refractivity contribution in [2.75, 3.05) is 18.4 Å². The summed E-state index contributed by atoms with van der Waals surface area (Å²) in [5.74, 6) is -0.540. The van der Waals surface area contributed by atoms with Gasteiger partial charge in [-0.25, -0.2) is 21.6 Å². The highest BCUT2D eigenvalue weighted by Gasteiger charge is 2.20. The predicted molar refractivity (Wildman–Crippen MR) is 105 cm³/mol. The summed E-state index contributed by atoms with van der Waals surface area (Å²) in [6.45, 7) is 1.57. The molecule has 0 aliphatic heterocycles. The lowest BCUT2D eigenvalue weighted by Gasteiger charge is -2.11. The van der Waals surface area contributed by atoms with Crippen molar-refractivity contribution >= 4 is 43.3 Å². The van der Waals surface area contributed by atoms with Crippen molar-refractivity contribution < 1.29 is 26.4 Å². The Morgan fingerprint density at radius 1 is 1.04 bits per heavy atom. The highest BCUT2D eigenvalue weighted by Crippen LogP contribution is 2.26. The summed E-state index contributed by atoms with van der Waals surface area (Å²) in [5, 5.41) is 0.115. The summed E-state index contributed by atoms with van der Waals surface area (Å²) in [7, 11) is -6.58. The molecule has 2 aromatic rings. The van der Waals surface area contributed by atoms with Crippen LogP contribution in [0, 0.1) is 6.92 Å². The number of anilines is 1. The van der Waals surface area contributed by atoms with Gasteiger partial charge in [0, 0.05) is 12.2 Å². The second-order valence-electron chi connectivity index (χ2n) is 5.74. The quantitative estimate of drug-likeness (QED) is 0.600. The van der Waals surface area contributed by atoms with Gasteiger partial charge in [0.1, 0.15) is 4.90 Å². The first-order chi connectivity index (χ1) is 13.1. The van der Waals surface area contributed by atoms with Gasteiger partial charge in [-0.1, -0.05) is 23.7 Å². The van der Waals surface area contributed by atoms with Gasteiger partial charge in [-0.05, 0) is 42.8 Å². The smallest absolute Gasteiger partial charge is 0.306 e. The summed E-state index contributed by atoms with van der Waals surface area (Å²) in [5.41, 5.74) is 0.787. The van der Waals surface area contributed by atoms with Crippen LogP contribution in [0.3, 0.4) is 0 Å². The van der Waals surface area contributed by atoms with Crippen molar-refractivity contribution in [2.24, 2.45) is 0 Å². The summed E-state index contributed by atoms with van der Waals surface area (Å²) in [6, 6.07) is 9.76. The molecule has 0 aliphatic carbocycles. The Morgan fingerprint density at radius 3 is 2.29 bits per heavy atom. The second-order valence-corrected chi connectivity index (χ2v) is 9.54. The molecule has 8 nitrogen and oxygen atoms in total. The van der Waals surface area contributed by atoms with Crippen LogP contribution in [-0.4, -0.2) is 36.5 Å². The van der Waals surface area contributed by atoms with E-state index in [1.54, 1.807) is 19.1 Å². The number of aryl methyl sites for hydroxylation is 1. The van der Waals surface area contributed by atoms with E-state index >= 15 is 0 Å². The van der Waals surface area contributed by atoms with Crippen LogP contribution in [0.15, 0.2) is 52.3 Å². The third-order valence-electron chi connectivity index (χ3n) is 3.71. The van der Waals surface area contributed by atoms with Crippen LogP contribution in [0.2, 0.25) is 5.02 Å². The van der Waals surface area contributed by atoms with Crippen LogP contribution in [0.5, 0.6) is 0 Å². The van der Waals surface area contributed by atoms with Gasteiger partial charge in [0.25, 0.3) is 10.0 Å². The molecule has 0 saturated carbocycles. The number of benzene rings is 2. The van der Waals surface area contributed by atoms with Crippen LogP contribution in [0.1, 0.15) is 12.0 Å². The van der Waals surface area contributed by atoms with Crippen molar-refractivity contribution in [3.05, 3.63) is 53.1 Å². The summed E-state index contributed by atoms with van der Waals surface area (Å²) in [6.07, 6.45) is -0.106. The predicted octanol–water partition coefficient (Wildman–Crippen LogP) is 2.29. The normalized spacial score (nSPS) is 11.8. The maximum atomic E-state index is 12.5. The monoisotopic (exact) mass is 446 g/mol. The van der Waals surface area contributed by atoms with Gasteiger partial charge in [-0.15, -0.1) is 0 Å². The maximum absolute atomic E-state index is 12.5. The Balaban J connectivity index is 2.14. The number of nitrogens with one attached hydrogen (secondary N) is 2. The molecule has 0 aromatic heterocycles. The number of carbonyl (C=O) groups excluding carboxylic acids is 1. The third-order valence-corrected chi connectivity index (χ3v) is 7.23. The van der Waals surface area contributed by atoms with Crippen molar-refractivity contribution in [2.45, 2.75) is 23.1 Å². The molecule has 2 aromatic carbocycles. The van der Waals surface area contributed by atoms with Gasteiger partial charge in [-0.3, -0.25) is 9.52 Å². The molecule has 0 spiro atoms. The number of methoxy groups -OCH3 is 1. The Morgan fingerprint density at radius 2 is 1.68 bits per heavy atom. The molecule has 152 valence electrons. The van der Waals surface area contributed by atoms with Crippen LogP contribution >= 0.6 is 11.6 Å². The topological polar surface area (TPSA) is 119 Å². The minimum absolute atomic E-state index is 0.0738. The fraction of sp³-hybridized carbons (Fsp3) is 0.235. The standard InChI is InChI=1S/C17H19ClN2O6S2/c1-12-4-3-5-15(17(12)18)28(24,25)20-13-6-8-14(9-7-13)27(22,23)19-11-10-16(21)26-2/h3-9,19-20H,10-11H2,1-2H3. The first kappa shape index (κ1) is 22.2. The van der Waals surface area contributed by atoms with Crippen molar-refractivity contribution in [1.29, 1.82) is 0 Å². The summed E-state index contributed by atoms with van der Waals surface area (Å²) < 4.78 is 58.5. The first-order valence-corrected chi connectivity index (χ1v) is 11.4. The van der Waals surface area contributed by atoms with Gasteiger partial charge in [-0.2, -0.15) is 0 Å².